The quantitative estimate of drug-likeness (QED) is 0.194. The molecular weight excluding hydrogens is 636 g/mol. The Morgan fingerprint density at radius 1 is 0.980 bits per heavy atom. The van der Waals surface area contributed by atoms with Gasteiger partial charge in [0.05, 0.1) is 17.8 Å². The summed E-state index contributed by atoms with van der Waals surface area (Å²) in [4.78, 5) is 43.4. The Bertz CT molecular complexity index is 1350. The molecule has 10 heteroatoms. The number of ketones is 1. The highest BCUT2D eigenvalue weighted by Gasteiger charge is 2.51. The largest absolute Gasteiger partial charge is 0.458 e. The fraction of sp³-hybridized carbons (Fsp3) is 0.725. The Morgan fingerprint density at radius 3 is 2.28 bits per heavy atom. The van der Waals surface area contributed by atoms with E-state index in [0.29, 0.717) is 32.1 Å². The van der Waals surface area contributed by atoms with Crippen LogP contribution in [0.15, 0.2) is 42.0 Å². The first-order chi connectivity index (χ1) is 23.5. The minimum Gasteiger partial charge on any atom is -0.458 e. The number of nitrogens with zero attached hydrogens (tertiary/aromatic N) is 1. The molecule has 50 heavy (non-hydrogen) atoms. The molecule has 1 aromatic rings. The van der Waals surface area contributed by atoms with Crippen molar-refractivity contribution in [1.82, 2.24) is 10.2 Å². The van der Waals surface area contributed by atoms with Gasteiger partial charge in [-0.25, -0.2) is 4.79 Å². The van der Waals surface area contributed by atoms with E-state index in [1.54, 1.807) is 14.0 Å². The van der Waals surface area contributed by atoms with Gasteiger partial charge < -0.3 is 33.9 Å². The Labute approximate surface area is 299 Å². The number of ether oxygens (including phenoxy) is 5. The van der Waals surface area contributed by atoms with E-state index in [0.717, 1.165) is 12.0 Å². The molecular formula is C40H62N2O8. The first kappa shape index (κ1) is 40.0. The molecule has 1 unspecified atom stereocenters. The second kappa shape index (κ2) is 16.7. The number of alkyl carbamates (subject to hydrolysis) is 1. The number of Topliss-reactive ketones (excluding diaryl/α,β-unsaturated/α-hetero) is 1. The minimum absolute atomic E-state index is 0.0338. The van der Waals surface area contributed by atoms with E-state index in [1.807, 2.05) is 52.8 Å². The second-order valence-corrected chi connectivity index (χ2v) is 15.7. The molecule has 2 bridgehead atoms. The van der Waals surface area contributed by atoms with Gasteiger partial charge >= 0.3 is 12.1 Å². The molecule has 1 amide bonds. The number of hydrogen-bond acceptors (Lipinski definition) is 9. The van der Waals surface area contributed by atoms with E-state index in [-0.39, 0.29) is 35.8 Å². The van der Waals surface area contributed by atoms with Crippen molar-refractivity contribution in [3.8, 4) is 0 Å². The molecule has 0 radical (unpaired) electrons. The smallest absolute Gasteiger partial charge is 0.408 e. The van der Waals surface area contributed by atoms with Crippen LogP contribution in [0.2, 0.25) is 0 Å². The second-order valence-electron chi connectivity index (χ2n) is 15.7. The average molecular weight is 699 g/mol. The van der Waals surface area contributed by atoms with Crippen LogP contribution in [0.5, 0.6) is 0 Å². The number of amides is 1. The number of cyclic esters (lactones) is 1. The number of carbonyl (C=O) groups is 3. The van der Waals surface area contributed by atoms with Gasteiger partial charge in [0, 0.05) is 38.0 Å². The number of rotatable bonds is 7. The highest BCUT2D eigenvalue weighted by molar-refractivity contribution is 6.00. The third kappa shape index (κ3) is 9.16. The van der Waals surface area contributed by atoms with Crippen molar-refractivity contribution in [2.45, 2.75) is 142 Å². The maximum absolute atomic E-state index is 14.3. The summed E-state index contributed by atoms with van der Waals surface area (Å²) in [5.74, 6) is -2.89. The number of nitrogens with one attached hydrogen (secondary N) is 1. The van der Waals surface area contributed by atoms with Crippen LogP contribution < -0.4 is 5.32 Å². The summed E-state index contributed by atoms with van der Waals surface area (Å²) in [6.07, 6.45) is 3.23. The fourth-order valence-electron chi connectivity index (χ4n) is 8.46. The summed E-state index contributed by atoms with van der Waals surface area (Å²) in [6.45, 7) is 15.5. The molecule has 10 nitrogen and oxygen atoms in total. The molecule has 3 saturated heterocycles. The van der Waals surface area contributed by atoms with E-state index >= 15 is 0 Å². The first-order valence-corrected chi connectivity index (χ1v) is 18.5. The lowest BCUT2D eigenvalue weighted by molar-refractivity contribution is -0.262. The van der Waals surface area contributed by atoms with Gasteiger partial charge in [-0.3, -0.25) is 9.59 Å². The fourth-order valence-corrected chi connectivity index (χ4v) is 8.46. The van der Waals surface area contributed by atoms with Gasteiger partial charge in [-0.1, -0.05) is 69.7 Å². The third-order valence-electron chi connectivity index (χ3n) is 11.6. The summed E-state index contributed by atoms with van der Waals surface area (Å²) < 4.78 is 31.6. The van der Waals surface area contributed by atoms with Crippen molar-refractivity contribution in [2.24, 2.45) is 23.7 Å². The van der Waals surface area contributed by atoms with Crippen LogP contribution in [0.4, 0.5) is 4.79 Å². The molecule has 3 heterocycles. The first-order valence-electron chi connectivity index (χ1n) is 18.5. The number of hydrogen-bond donors (Lipinski definition) is 1. The molecule has 12 atom stereocenters. The molecule has 3 fully saturated rings. The normalized spacial score (nSPS) is 40.0. The SMILES string of the molecule is CC[C@H]1OC(=O)[C@H](C)C(=O)[C@H](C)[C@@H](O[C@H]2C[C@@H](N(C)C)C[C@@H](C)O2)[C@](C)(OC)C[C@@H](C)/C(=C\Cc2ccccc2)[C@H](C)C2C[C@]1(C)OC(=O)N2. The van der Waals surface area contributed by atoms with Gasteiger partial charge in [0.25, 0.3) is 0 Å². The molecule has 0 aromatic heterocycles. The lowest BCUT2D eigenvalue weighted by Gasteiger charge is -2.46. The summed E-state index contributed by atoms with van der Waals surface area (Å²) in [7, 11) is 5.77. The molecule has 4 rings (SSSR count). The van der Waals surface area contributed by atoms with Crippen LogP contribution in [0.3, 0.4) is 0 Å². The van der Waals surface area contributed by atoms with Crippen LogP contribution in [0, 0.1) is 23.7 Å². The highest BCUT2D eigenvalue weighted by atomic mass is 16.7. The molecule has 3 aliphatic rings. The van der Waals surface area contributed by atoms with Crippen molar-refractivity contribution < 1.29 is 38.1 Å². The van der Waals surface area contributed by atoms with Crippen molar-refractivity contribution >= 4 is 17.8 Å². The maximum Gasteiger partial charge on any atom is 0.408 e. The van der Waals surface area contributed by atoms with Crippen LogP contribution in [-0.4, -0.2) is 91.8 Å². The summed E-state index contributed by atoms with van der Waals surface area (Å²) in [6, 6.07) is 10.2. The number of fused-ring (bicyclic) bond motifs is 2. The van der Waals surface area contributed by atoms with E-state index in [1.165, 1.54) is 5.56 Å². The summed E-state index contributed by atoms with van der Waals surface area (Å²) in [5, 5.41) is 3.08. The van der Waals surface area contributed by atoms with E-state index in [9.17, 15) is 14.4 Å². The number of carbonyl (C=O) groups excluding carboxylic acids is 3. The summed E-state index contributed by atoms with van der Waals surface area (Å²) in [5.41, 5.74) is 0.296. The zero-order chi connectivity index (χ0) is 37.0. The lowest BCUT2D eigenvalue weighted by atomic mass is 9.73. The lowest BCUT2D eigenvalue weighted by Crippen LogP contribution is -2.59. The number of esters is 1. The number of methoxy groups -OCH3 is 1. The van der Waals surface area contributed by atoms with Crippen molar-refractivity contribution in [3.63, 3.8) is 0 Å². The molecule has 0 aliphatic carbocycles. The van der Waals surface area contributed by atoms with Gasteiger partial charge in [0.15, 0.2) is 12.1 Å². The number of benzene rings is 1. The Hall–Kier alpha value is -2.79. The molecule has 0 spiro atoms. The van der Waals surface area contributed by atoms with E-state index in [2.05, 4.69) is 56.4 Å². The zero-order valence-corrected chi connectivity index (χ0v) is 32.2. The van der Waals surface area contributed by atoms with Gasteiger partial charge in [-0.05, 0) is 84.9 Å². The van der Waals surface area contributed by atoms with Crippen LogP contribution >= 0.6 is 0 Å². The van der Waals surface area contributed by atoms with Crippen LogP contribution in [0.25, 0.3) is 0 Å². The predicted molar refractivity (Wildman–Crippen MR) is 192 cm³/mol. The van der Waals surface area contributed by atoms with Crippen molar-refractivity contribution in [1.29, 1.82) is 0 Å². The van der Waals surface area contributed by atoms with E-state index < -0.39 is 53.6 Å². The molecule has 1 aromatic carbocycles. The Balaban J connectivity index is 1.82. The topological polar surface area (TPSA) is 113 Å². The Kier molecular flexibility index (Phi) is 13.4. The maximum atomic E-state index is 14.3. The van der Waals surface area contributed by atoms with Gasteiger partial charge in [0.2, 0.25) is 0 Å². The minimum atomic E-state index is -1.08. The Morgan fingerprint density at radius 2 is 1.66 bits per heavy atom. The van der Waals surface area contributed by atoms with Gasteiger partial charge in [-0.15, -0.1) is 0 Å². The summed E-state index contributed by atoms with van der Waals surface area (Å²) >= 11 is 0. The van der Waals surface area contributed by atoms with Crippen molar-refractivity contribution in [2.75, 3.05) is 21.2 Å². The van der Waals surface area contributed by atoms with Gasteiger partial charge in [0.1, 0.15) is 17.6 Å². The molecule has 3 aliphatic heterocycles. The van der Waals surface area contributed by atoms with Crippen molar-refractivity contribution in [3.05, 3.63) is 47.5 Å². The highest BCUT2D eigenvalue weighted by Crippen LogP contribution is 2.41. The van der Waals surface area contributed by atoms with Crippen LogP contribution in [0.1, 0.15) is 93.1 Å². The predicted octanol–water partition coefficient (Wildman–Crippen LogP) is 6.50. The van der Waals surface area contributed by atoms with Gasteiger partial charge in [-0.2, -0.15) is 0 Å². The molecule has 1 N–H and O–H groups in total. The van der Waals surface area contributed by atoms with Crippen LogP contribution in [-0.2, 0) is 39.7 Å². The number of allylic oxidation sites excluding steroid dienone is 1. The molecule has 0 saturated carbocycles. The monoisotopic (exact) mass is 698 g/mol. The average Bonchev–Trinajstić information content (AvgIpc) is 3.07. The van der Waals surface area contributed by atoms with E-state index in [4.69, 9.17) is 23.7 Å². The standard InChI is InChI=1S/C40H62N2O8/c1-12-33-39(7)23-32(41-38(45)50-39)26(4)31(19-18-29-16-14-13-15-17-29)24(2)22-40(8,46-11)36(27(5)35(43)28(6)37(44)48-33)49-34-21-30(42(9)10)20-25(3)47-34/h13-17,19,24-28,30,32-34,36H,12,18,20-23H2,1-11H3,(H,41,45)/b31-19+/t24-,25-,26+,27+,28-,30+,32?,33-,34+,36-,39+,40-/m1/s1. The third-order valence-corrected chi connectivity index (χ3v) is 11.6. The molecule has 280 valence electrons. The zero-order valence-electron chi connectivity index (χ0n) is 32.2.